The van der Waals surface area contributed by atoms with E-state index in [1.807, 2.05) is 0 Å². The number of nitriles is 1. The van der Waals surface area contributed by atoms with Gasteiger partial charge in [0.1, 0.15) is 6.54 Å². The highest BCUT2D eigenvalue weighted by atomic mass is 19.1. The molecule has 0 unspecified atom stereocenters. The number of aliphatic hydroxyl groups excluding tert-OH is 1. The fourth-order valence-corrected chi connectivity index (χ4v) is 1.17. The quantitative estimate of drug-likeness (QED) is 0.750. The van der Waals surface area contributed by atoms with E-state index in [0.717, 1.165) is 12.1 Å². The molecule has 0 spiro atoms. The highest BCUT2D eigenvalue weighted by Gasteiger charge is 2.13. The molecule has 18 heavy (non-hydrogen) atoms. The van der Waals surface area contributed by atoms with Gasteiger partial charge in [-0.05, 0) is 17.7 Å². The van der Waals surface area contributed by atoms with Gasteiger partial charge >= 0.3 is 0 Å². The first kappa shape index (κ1) is 13.9. The molecule has 0 saturated heterocycles. The minimum absolute atomic E-state index is 0.0614. The first-order chi connectivity index (χ1) is 8.58. The molecular weight excluding hydrogens is 246 g/mol. The van der Waals surface area contributed by atoms with E-state index >= 15 is 0 Å². The number of amides is 1. The number of benzene rings is 1. The third-order valence-electron chi connectivity index (χ3n) is 1.95. The topological polar surface area (TPSA) is 82.4 Å². The van der Waals surface area contributed by atoms with Crippen molar-refractivity contribution >= 4 is 5.91 Å². The maximum atomic E-state index is 13.3. The summed E-state index contributed by atoms with van der Waals surface area (Å²) in [5, 5.41) is 19.1. The molecule has 0 bridgehead atoms. The van der Waals surface area contributed by atoms with Gasteiger partial charge in [-0.1, -0.05) is 0 Å². The molecule has 1 aromatic rings. The average Bonchev–Trinajstić information content (AvgIpc) is 2.34. The lowest BCUT2D eigenvalue weighted by molar-refractivity contribution is -0.122. The summed E-state index contributed by atoms with van der Waals surface area (Å²) in [7, 11) is 0. The van der Waals surface area contributed by atoms with Gasteiger partial charge in [-0.15, -0.1) is 0 Å². The SMILES string of the molecule is N#CCNC(=O)COc1c(F)cc(CO)cc1F. The van der Waals surface area contributed by atoms with Crippen LogP contribution in [0.1, 0.15) is 5.56 Å². The highest BCUT2D eigenvalue weighted by molar-refractivity contribution is 5.77. The molecule has 96 valence electrons. The van der Waals surface area contributed by atoms with Crippen molar-refractivity contribution in [2.45, 2.75) is 6.61 Å². The van der Waals surface area contributed by atoms with Gasteiger partial charge in [0.25, 0.3) is 5.91 Å². The second kappa shape index (κ2) is 6.51. The molecule has 0 aliphatic rings. The van der Waals surface area contributed by atoms with Crippen molar-refractivity contribution in [2.24, 2.45) is 0 Å². The van der Waals surface area contributed by atoms with E-state index in [4.69, 9.17) is 10.4 Å². The number of hydrogen-bond acceptors (Lipinski definition) is 4. The Bertz CT molecular complexity index is 463. The third kappa shape index (κ3) is 3.68. The van der Waals surface area contributed by atoms with Gasteiger partial charge in [0, 0.05) is 0 Å². The molecule has 0 saturated carbocycles. The van der Waals surface area contributed by atoms with E-state index in [0.29, 0.717) is 0 Å². The zero-order chi connectivity index (χ0) is 13.5. The molecule has 1 aromatic carbocycles. The Morgan fingerprint density at radius 1 is 1.44 bits per heavy atom. The van der Waals surface area contributed by atoms with Gasteiger partial charge in [-0.2, -0.15) is 5.26 Å². The van der Waals surface area contributed by atoms with Crippen molar-refractivity contribution in [2.75, 3.05) is 13.2 Å². The maximum Gasteiger partial charge on any atom is 0.258 e. The molecule has 0 aliphatic carbocycles. The normalized spacial score (nSPS) is 9.67. The van der Waals surface area contributed by atoms with Gasteiger partial charge in [0.05, 0.1) is 12.7 Å². The Balaban J connectivity index is 2.68. The molecule has 5 nitrogen and oxygen atoms in total. The van der Waals surface area contributed by atoms with Crippen LogP contribution in [0.15, 0.2) is 12.1 Å². The van der Waals surface area contributed by atoms with Crippen LogP contribution in [0.25, 0.3) is 0 Å². The van der Waals surface area contributed by atoms with Gasteiger partial charge in [-0.3, -0.25) is 4.79 Å². The van der Waals surface area contributed by atoms with E-state index in [9.17, 15) is 13.6 Å². The minimum Gasteiger partial charge on any atom is -0.478 e. The molecule has 0 aliphatic heterocycles. The van der Waals surface area contributed by atoms with Crippen LogP contribution in [0.5, 0.6) is 5.75 Å². The standard InChI is InChI=1S/C11H10F2N2O3/c12-8-3-7(5-16)4-9(13)11(8)18-6-10(17)15-2-1-14/h3-4,16H,2,5-6H2,(H,15,17). The number of rotatable bonds is 5. The highest BCUT2D eigenvalue weighted by Crippen LogP contribution is 2.23. The number of aliphatic hydroxyl groups is 1. The molecule has 0 radical (unpaired) electrons. The van der Waals surface area contributed by atoms with E-state index in [1.165, 1.54) is 0 Å². The van der Waals surface area contributed by atoms with Crippen molar-refractivity contribution in [3.63, 3.8) is 0 Å². The summed E-state index contributed by atoms with van der Waals surface area (Å²) >= 11 is 0. The second-order valence-corrected chi connectivity index (χ2v) is 3.27. The van der Waals surface area contributed by atoms with Crippen molar-refractivity contribution in [1.82, 2.24) is 5.32 Å². The van der Waals surface area contributed by atoms with Crippen molar-refractivity contribution in [3.05, 3.63) is 29.3 Å². The summed E-state index contributed by atoms with van der Waals surface area (Å²) in [6.07, 6.45) is 0. The van der Waals surface area contributed by atoms with Gasteiger partial charge in [-0.25, -0.2) is 8.78 Å². The molecular formula is C11H10F2N2O3. The molecule has 7 heteroatoms. The van der Waals surface area contributed by atoms with Gasteiger partial charge in [0.2, 0.25) is 0 Å². The zero-order valence-corrected chi connectivity index (χ0v) is 9.24. The first-order valence-corrected chi connectivity index (χ1v) is 4.93. The van der Waals surface area contributed by atoms with Crippen LogP contribution in [0.3, 0.4) is 0 Å². The maximum absolute atomic E-state index is 13.3. The Kier molecular flexibility index (Phi) is 5.02. The van der Waals surface area contributed by atoms with Crippen LogP contribution in [0, 0.1) is 23.0 Å². The fraction of sp³-hybridized carbons (Fsp3) is 0.273. The first-order valence-electron chi connectivity index (χ1n) is 4.93. The number of carbonyl (C=O) groups is 1. The van der Waals surface area contributed by atoms with Crippen molar-refractivity contribution in [3.8, 4) is 11.8 Å². The lowest BCUT2D eigenvalue weighted by Gasteiger charge is -2.08. The summed E-state index contributed by atoms with van der Waals surface area (Å²) in [5.74, 6) is -3.37. The van der Waals surface area contributed by atoms with Crippen LogP contribution in [0.2, 0.25) is 0 Å². The van der Waals surface area contributed by atoms with Crippen LogP contribution in [-0.4, -0.2) is 24.2 Å². The minimum atomic E-state index is -1.01. The number of nitrogens with one attached hydrogen (secondary N) is 1. The molecule has 1 amide bonds. The number of nitrogens with zero attached hydrogens (tertiary/aromatic N) is 1. The number of hydrogen-bond donors (Lipinski definition) is 2. The Morgan fingerprint density at radius 3 is 2.56 bits per heavy atom. The summed E-state index contributed by atoms with van der Waals surface area (Å²) in [5.41, 5.74) is 0.0614. The van der Waals surface area contributed by atoms with E-state index in [1.54, 1.807) is 6.07 Å². The smallest absolute Gasteiger partial charge is 0.258 e. The van der Waals surface area contributed by atoms with E-state index in [-0.39, 0.29) is 12.1 Å². The van der Waals surface area contributed by atoms with Crippen molar-refractivity contribution in [1.29, 1.82) is 5.26 Å². The summed E-state index contributed by atoms with van der Waals surface area (Å²) in [6.45, 7) is -1.32. The molecule has 1 rings (SSSR count). The molecule has 0 fully saturated rings. The summed E-state index contributed by atoms with van der Waals surface area (Å²) in [6, 6.07) is 3.49. The van der Waals surface area contributed by atoms with E-state index < -0.39 is 36.5 Å². The zero-order valence-electron chi connectivity index (χ0n) is 9.24. The predicted molar refractivity (Wildman–Crippen MR) is 56.4 cm³/mol. The number of halogens is 2. The van der Waals surface area contributed by atoms with Crippen LogP contribution >= 0.6 is 0 Å². The van der Waals surface area contributed by atoms with Crippen LogP contribution in [0.4, 0.5) is 8.78 Å². The van der Waals surface area contributed by atoms with Gasteiger partial charge < -0.3 is 15.2 Å². The second-order valence-electron chi connectivity index (χ2n) is 3.27. The fourth-order valence-electron chi connectivity index (χ4n) is 1.17. The number of ether oxygens (including phenoxy) is 1. The third-order valence-corrected chi connectivity index (χ3v) is 1.95. The summed E-state index contributed by atoms with van der Waals surface area (Å²) < 4.78 is 31.4. The molecule has 0 aromatic heterocycles. The lowest BCUT2D eigenvalue weighted by Crippen LogP contribution is -2.29. The van der Waals surface area contributed by atoms with Crippen molar-refractivity contribution < 1.29 is 23.4 Å². The summed E-state index contributed by atoms with van der Waals surface area (Å²) in [4.78, 5) is 11.0. The monoisotopic (exact) mass is 256 g/mol. The molecule has 2 N–H and O–H groups in total. The Labute approximate surface area is 102 Å². The Hall–Kier alpha value is -2.20. The number of carbonyl (C=O) groups excluding carboxylic acids is 1. The average molecular weight is 256 g/mol. The largest absolute Gasteiger partial charge is 0.478 e. The van der Waals surface area contributed by atoms with Crippen LogP contribution in [-0.2, 0) is 11.4 Å². The predicted octanol–water partition coefficient (Wildman–Crippen LogP) is 0.476. The van der Waals surface area contributed by atoms with Gasteiger partial charge in [0.15, 0.2) is 24.0 Å². The molecule has 0 atom stereocenters. The van der Waals surface area contributed by atoms with Crippen LogP contribution < -0.4 is 10.1 Å². The van der Waals surface area contributed by atoms with E-state index in [2.05, 4.69) is 10.1 Å². The lowest BCUT2D eigenvalue weighted by atomic mass is 10.2. The molecule has 0 heterocycles. The Morgan fingerprint density at radius 2 is 2.06 bits per heavy atom.